The molecule has 0 spiro atoms. The molecule has 0 saturated heterocycles. The van der Waals surface area contributed by atoms with Gasteiger partial charge in [-0.15, -0.1) is 0 Å². The fraction of sp³-hybridized carbons (Fsp3) is 0.348. The zero-order valence-corrected chi connectivity index (χ0v) is 21.4. The fourth-order valence-corrected chi connectivity index (χ4v) is 5.14. The summed E-state index contributed by atoms with van der Waals surface area (Å²) in [4.78, 5) is 12.4. The van der Waals surface area contributed by atoms with Crippen LogP contribution in [-0.2, 0) is 16.0 Å². The number of nitrogens with one attached hydrogen (secondary N) is 1. The third kappa shape index (κ3) is 9.35. The van der Waals surface area contributed by atoms with Gasteiger partial charge in [0.25, 0.3) is 5.91 Å². The van der Waals surface area contributed by atoms with Crippen LogP contribution in [0.3, 0.4) is 0 Å². The Morgan fingerprint density at radius 1 is 1.00 bits per heavy atom. The van der Waals surface area contributed by atoms with Gasteiger partial charge in [-0.25, -0.2) is 17.2 Å². The highest BCUT2D eigenvalue weighted by molar-refractivity contribution is 7.91. The summed E-state index contributed by atoms with van der Waals surface area (Å²) in [7, 11) is -4.81. The maximum atomic E-state index is 14.8. The first-order valence-electron chi connectivity index (χ1n) is 10.7. The lowest BCUT2D eigenvalue weighted by molar-refractivity contribution is -0.140. The number of sulfone groups is 1. The molecule has 2 atom stereocenters. The summed E-state index contributed by atoms with van der Waals surface area (Å²) in [5, 5.41) is 1.07. The van der Waals surface area contributed by atoms with Gasteiger partial charge in [-0.1, -0.05) is 23.7 Å². The second kappa shape index (κ2) is 11.9. The standard InChI is InChI=1S/C23H17ClF11NO3S/c1-11(9-40(38,39)10-21(27,28)29)36-20(37)14-4-2-13(6-16(14)23(33,34)35)19(26)8-15(22(30,31)32)12-3-5-18(25)17(24)7-12/h2-8,11,15H,9-10H2,1H3,(H,36,37)/b19-8-/t11-,15?/m1/s1. The van der Waals surface area contributed by atoms with Gasteiger partial charge in [-0.05, 0) is 42.8 Å². The lowest BCUT2D eigenvalue weighted by Crippen LogP contribution is -2.40. The van der Waals surface area contributed by atoms with E-state index < -0.39 is 96.7 Å². The van der Waals surface area contributed by atoms with Crippen LogP contribution in [0.2, 0.25) is 5.02 Å². The molecule has 0 aliphatic rings. The molecule has 17 heteroatoms. The summed E-state index contributed by atoms with van der Waals surface area (Å²) >= 11 is 5.48. The van der Waals surface area contributed by atoms with Crippen LogP contribution in [0.25, 0.3) is 5.83 Å². The molecule has 2 aromatic rings. The van der Waals surface area contributed by atoms with Crippen LogP contribution in [0.5, 0.6) is 0 Å². The highest BCUT2D eigenvalue weighted by Gasteiger charge is 2.41. The second-order valence-electron chi connectivity index (χ2n) is 8.51. The monoisotopic (exact) mass is 631 g/mol. The largest absolute Gasteiger partial charge is 0.417 e. The molecule has 4 nitrogen and oxygen atoms in total. The summed E-state index contributed by atoms with van der Waals surface area (Å²) < 4.78 is 170. The van der Waals surface area contributed by atoms with Gasteiger partial charge in [0.2, 0.25) is 0 Å². The minimum Gasteiger partial charge on any atom is -0.349 e. The summed E-state index contributed by atoms with van der Waals surface area (Å²) in [5.41, 5.74) is -4.80. The Morgan fingerprint density at radius 3 is 2.10 bits per heavy atom. The van der Waals surface area contributed by atoms with Gasteiger partial charge in [0.15, 0.2) is 9.84 Å². The van der Waals surface area contributed by atoms with Crippen LogP contribution in [0.4, 0.5) is 48.3 Å². The first kappa shape index (κ1) is 33.3. The van der Waals surface area contributed by atoms with Crippen LogP contribution in [0, 0.1) is 5.82 Å². The SMILES string of the molecule is C[C@H](CS(=O)(=O)CC(F)(F)F)NC(=O)c1ccc(/C(F)=C/C(c2ccc(F)c(Cl)c2)C(F)(F)F)cc1C(F)(F)F. The van der Waals surface area contributed by atoms with Crippen molar-refractivity contribution in [1.82, 2.24) is 5.32 Å². The molecular weight excluding hydrogens is 615 g/mol. The van der Waals surface area contributed by atoms with Crippen LogP contribution in [0.15, 0.2) is 42.5 Å². The van der Waals surface area contributed by atoms with E-state index in [0.29, 0.717) is 30.3 Å². The molecule has 0 radical (unpaired) electrons. The van der Waals surface area contributed by atoms with E-state index in [1.807, 2.05) is 0 Å². The number of halogens is 12. The number of benzene rings is 2. The van der Waals surface area contributed by atoms with E-state index in [2.05, 4.69) is 0 Å². The third-order valence-corrected chi connectivity index (χ3v) is 7.14. The van der Waals surface area contributed by atoms with Crippen LogP contribution >= 0.6 is 11.6 Å². The van der Waals surface area contributed by atoms with Gasteiger partial charge in [-0.3, -0.25) is 4.79 Å². The Morgan fingerprint density at radius 2 is 1.60 bits per heavy atom. The van der Waals surface area contributed by atoms with E-state index in [0.717, 1.165) is 6.92 Å². The number of allylic oxidation sites excluding steroid dienone is 1. The van der Waals surface area contributed by atoms with Crippen molar-refractivity contribution >= 4 is 33.2 Å². The molecule has 1 N–H and O–H groups in total. The quantitative estimate of drug-likeness (QED) is 0.312. The number of hydrogen-bond acceptors (Lipinski definition) is 3. The Labute approximate surface area is 224 Å². The van der Waals surface area contributed by atoms with Gasteiger partial charge in [0.1, 0.15) is 23.3 Å². The first-order chi connectivity index (χ1) is 18.0. The zero-order chi connectivity index (χ0) is 30.8. The predicted octanol–water partition coefficient (Wildman–Crippen LogP) is 7.25. The Hall–Kier alpha value is -2.88. The molecule has 1 amide bonds. The fourth-order valence-electron chi connectivity index (χ4n) is 3.49. The summed E-state index contributed by atoms with van der Waals surface area (Å²) in [5.74, 6) is -10.7. The van der Waals surface area contributed by atoms with Crippen molar-refractivity contribution in [1.29, 1.82) is 0 Å². The van der Waals surface area contributed by atoms with E-state index in [4.69, 9.17) is 11.6 Å². The Bertz CT molecular complexity index is 1380. The van der Waals surface area contributed by atoms with Gasteiger partial charge >= 0.3 is 18.5 Å². The number of hydrogen-bond donors (Lipinski definition) is 1. The van der Waals surface area contributed by atoms with Crippen LogP contribution in [-0.4, -0.2) is 44.2 Å². The van der Waals surface area contributed by atoms with Crippen LogP contribution < -0.4 is 5.32 Å². The summed E-state index contributed by atoms with van der Waals surface area (Å²) in [6, 6.07) is 1.15. The minimum absolute atomic E-state index is 0.0247. The molecule has 0 aliphatic carbocycles. The molecule has 222 valence electrons. The van der Waals surface area contributed by atoms with Crippen molar-refractivity contribution in [3.63, 3.8) is 0 Å². The van der Waals surface area contributed by atoms with Crippen molar-refractivity contribution in [2.45, 2.75) is 37.4 Å². The van der Waals surface area contributed by atoms with Crippen molar-refractivity contribution in [2.24, 2.45) is 0 Å². The number of rotatable bonds is 8. The second-order valence-corrected chi connectivity index (χ2v) is 11.0. The van der Waals surface area contributed by atoms with Gasteiger partial charge in [-0.2, -0.15) is 39.5 Å². The molecule has 0 bridgehead atoms. The normalized spacial score (nSPS) is 15.1. The smallest absolute Gasteiger partial charge is 0.349 e. The topological polar surface area (TPSA) is 63.2 Å². The van der Waals surface area contributed by atoms with Crippen molar-refractivity contribution < 1.29 is 61.5 Å². The number of amides is 1. The predicted molar refractivity (Wildman–Crippen MR) is 122 cm³/mol. The van der Waals surface area contributed by atoms with Gasteiger partial charge in [0.05, 0.1) is 21.9 Å². The van der Waals surface area contributed by atoms with Crippen molar-refractivity contribution in [3.05, 3.63) is 75.6 Å². The molecule has 0 aromatic heterocycles. The van der Waals surface area contributed by atoms with Crippen molar-refractivity contribution in [2.75, 3.05) is 11.5 Å². The highest BCUT2D eigenvalue weighted by atomic mass is 35.5. The van der Waals surface area contributed by atoms with Crippen LogP contribution in [0.1, 0.15) is 39.9 Å². The number of carbonyl (C=O) groups is 1. The van der Waals surface area contributed by atoms with E-state index in [-0.39, 0.29) is 12.1 Å². The summed E-state index contributed by atoms with van der Waals surface area (Å²) in [6.07, 6.45) is -15.7. The number of alkyl halides is 9. The molecular formula is C23H17ClF11NO3S. The number of carbonyl (C=O) groups excluding carboxylic acids is 1. The zero-order valence-electron chi connectivity index (χ0n) is 19.8. The Balaban J connectivity index is 2.43. The first-order valence-corrected chi connectivity index (χ1v) is 12.9. The highest BCUT2D eigenvalue weighted by Crippen LogP contribution is 2.40. The maximum Gasteiger partial charge on any atom is 0.417 e. The molecule has 2 rings (SSSR count). The lowest BCUT2D eigenvalue weighted by atomic mass is 9.95. The maximum absolute atomic E-state index is 14.8. The van der Waals surface area contributed by atoms with E-state index in [1.165, 1.54) is 0 Å². The molecule has 40 heavy (non-hydrogen) atoms. The molecule has 0 heterocycles. The van der Waals surface area contributed by atoms with Crippen molar-refractivity contribution in [3.8, 4) is 0 Å². The lowest BCUT2D eigenvalue weighted by Gasteiger charge is -2.19. The van der Waals surface area contributed by atoms with E-state index in [1.54, 1.807) is 5.32 Å². The summed E-state index contributed by atoms with van der Waals surface area (Å²) in [6.45, 7) is 0.912. The molecule has 0 fully saturated rings. The Kier molecular flexibility index (Phi) is 9.94. The van der Waals surface area contributed by atoms with Gasteiger partial charge in [0, 0.05) is 11.6 Å². The van der Waals surface area contributed by atoms with E-state index >= 15 is 0 Å². The average molecular weight is 632 g/mol. The molecule has 2 aromatic carbocycles. The average Bonchev–Trinajstić information content (AvgIpc) is 2.75. The minimum atomic E-state index is -5.37. The third-order valence-electron chi connectivity index (χ3n) is 5.08. The molecule has 0 saturated carbocycles. The molecule has 0 aliphatic heterocycles. The molecule has 1 unspecified atom stereocenters. The van der Waals surface area contributed by atoms with E-state index in [9.17, 15) is 61.5 Å². The van der Waals surface area contributed by atoms with Gasteiger partial charge < -0.3 is 5.32 Å².